The summed E-state index contributed by atoms with van der Waals surface area (Å²) in [6.07, 6.45) is -5.40. The predicted octanol–water partition coefficient (Wildman–Crippen LogP) is -1.08. The quantitative estimate of drug-likeness (QED) is 0.411. The van der Waals surface area contributed by atoms with Crippen LogP contribution in [0.15, 0.2) is 18.2 Å². The molecule has 2 aliphatic heterocycles. The largest absolute Gasteiger partial charge is 0.497 e. The maximum absolute atomic E-state index is 11.2. The molecule has 2 aliphatic rings. The standard InChI is InChI=1S/C19H28N2O7/c1-10(23)20-6-5-11-8-21(14-4-3-12(27-2)7-13(11)14)19-18(26)17(25)16(24)15(9-22)28-19/h3-4,7,11,15-19,22,24-26H,5-6,8-9H2,1-2H3,(H,20,23)/t11?,15-,16-,17+,18-,19+/m1/s1. The summed E-state index contributed by atoms with van der Waals surface area (Å²) >= 11 is 0. The van der Waals surface area contributed by atoms with Gasteiger partial charge in [0.05, 0.1) is 13.7 Å². The van der Waals surface area contributed by atoms with Gasteiger partial charge in [0.25, 0.3) is 0 Å². The monoisotopic (exact) mass is 396 g/mol. The van der Waals surface area contributed by atoms with Gasteiger partial charge in [-0.25, -0.2) is 0 Å². The summed E-state index contributed by atoms with van der Waals surface area (Å²) in [6, 6.07) is 5.57. The predicted molar refractivity (Wildman–Crippen MR) is 100 cm³/mol. The Hall–Kier alpha value is -1.91. The third-order valence-corrected chi connectivity index (χ3v) is 5.44. The van der Waals surface area contributed by atoms with Crippen LogP contribution < -0.4 is 15.0 Å². The molecule has 3 rings (SSSR count). The Bertz CT molecular complexity index is 699. The van der Waals surface area contributed by atoms with Gasteiger partial charge in [-0.1, -0.05) is 0 Å². The number of amides is 1. The van der Waals surface area contributed by atoms with Gasteiger partial charge in [0, 0.05) is 31.6 Å². The molecule has 6 atom stereocenters. The van der Waals surface area contributed by atoms with Gasteiger partial charge in [0.1, 0.15) is 30.2 Å². The van der Waals surface area contributed by atoms with Gasteiger partial charge in [-0.2, -0.15) is 0 Å². The van der Waals surface area contributed by atoms with Crippen molar-refractivity contribution in [3.05, 3.63) is 23.8 Å². The summed E-state index contributed by atoms with van der Waals surface area (Å²) in [4.78, 5) is 13.0. The van der Waals surface area contributed by atoms with Crippen LogP contribution in [-0.4, -0.2) is 83.8 Å². The lowest BCUT2D eigenvalue weighted by Crippen LogP contribution is -2.63. The molecule has 0 radical (unpaired) electrons. The molecule has 5 N–H and O–H groups in total. The number of methoxy groups -OCH3 is 1. The molecule has 1 amide bonds. The number of aliphatic hydroxyl groups excluding tert-OH is 4. The van der Waals surface area contributed by atoms with Crippen LogP contribution in [0.2, 0.25) is 0 Å². The summed E-state index contributed by atoms with van der Waals surface area (Å²) in [7, 11) is 1.58. The van der Waals surface area contributed by atoms with Crippen LogP contribution in [0, 0.1) is 0 Å². The number of ether oxygens (including phenoxy) is 2. The van der Waals surface area contributed by atoms with E-state index in [4.69, 9.17) is 9.47 Å². The second kappa shape index (κ2) is 8.62. The van der Waals surface area contributed by atoms with Gasteiger partial charge < -0.3 is 40.1 Å². The maximum Gasteiger partial charge on any atom is 0.216 e. The molecule has 1 aromatic rings. The van der Waals surface area contributed by atoms with E-state index in [0.29, 0.717) is 25.3 Å². The van der Waals surface area contributed by atoms with Crippen molar-refractivity contribution in [1.82, 2.24) is 5.32 Å². The fourth-order valence-corrected chi connectivity index (χ4v) is 3.93. The zero-order valence-corrected chi connectivity index (χ0v) is 16.0. The number of hydrogen-bond acceptors (Lipinski definition) is 8. The van der Waals surface area contributed by atoms with Crippen LogP contribution in [0.1, 0.15) is 24.8 Å². The van der Waals surface area contributed by atoms with Gasteiger partial charge in [-0.15, -0.1) is 0 Å². The summed E-state index contributed by atoms with van der Waals surface area (Å²) in [5.74, 6) is 0.637. The first-order valence-corrected chi connectivity index (χ1v) is 9.37. The van der Waals surface area contributed by atoms with E-state index in [1.165, 1.54) is 6.92 Å². The molecule has 9 heteroatoms. The number of aliphatic hydroxyl groups is 4. The average Bonchev–Trinajstić information content (AvgIpc) is 3.04. The molecule has 0 aliphatic carbocycles. The summed E-state index contributed by atoms with van der Waals surface area (Å²) in [5, 5.41) is 42.9. The Morgan fingerprint density at radius 3 is 2.68 bits per heavy atom. The van der Waals surface area contributed by atoms with E-state index in [0.717, 1.165) is 11.3 Å². The van der Waals surface area contributed by atoms with E-state index in [1.54, 1.807) is 13.2 Å². The van der Waals surface area contributed by atoms with Crippen molar-refractivity contribution in [1.29, 1.82) is 0 Å². The number of nitrogens with one attached hydrogen (secondary N) is 1. The average molecular weight is 396 g/mol. The molecule has 9 nitrogen and oxygen atoms in total. The van der Waals surface area contributed by atoms with Gasteiger partial charge in [-0.3, -0.25) is 4.79 Å². The number of carbonyl (C=O) groups is 1. The lowest BCUT2D eigenvalue weighted by atomic mass is 9.97. The van der Waals surface area contributed by atoms with Gasteiger partial charge >= 0.3 is 0 Å². The van der Waals surface area contributed by atoms with Crippen molar-refractivity contribution in [3.8, 4) is 5.75 Å². The van der Waals surface area contributed by atoms with Crippen LogP contribution in [-0.2, 0) is 9.53 Å². The molecule has 1 saturated heterocycles. The molecule has 28 heavy (non-hydrogen) atoms. The Balaban J connectivity index is 1.87. The lowest BCUT2D eigenvalue weighted by Gasteiger charge is -2.44. The van der Waals surface area contributed by atoms with Crippen LogP contribution in [0.25, 0.3) is 0 Å². The van der Waals surface area contributed by atoms with E-state index in [9.17, 15) is 25.2 Å². The lowest BCUT2D eigenvalue weighted by molar-refractivity contribution is -0.228. The molecule has 1 unspecified atom stereocenters. The number of benzene rings is 1. The molecule has 2 heterocycles. The smallest absolute Gasteiger partial charge is 0.216 e. The van der Waals surface area contributed by atoms with Gasteiger partial charge in [0.2, 0.25) is 5.91 Å². The number of fused-ring (bicyclic) bond motifs is 1. The molecule has 156 valence electrons. The van der Waals surface area contributed by atoms with E-state index >= 15 is 0 Å². The molecule has 1 aromatic carbocycles. The van der Waals surface area contributed by atoms with Crippen molar-refractivity contribution in [3.63, 3.8) is 0 Å². The minimum absolute atomic E-state index is 0.0457. The fourth-order valence-electron chi connectivity index (χ4n) is 3.93. The zero-order valence-electron chi connectivity index (χ0n) is 16.0. The molecule has 1 fully saturated rings. The second-order valence-corrected chi connectivity index (χ2v) is 7.27. The number of rotatable bonds is 6. The zero-order chi connectivity index (χ0) is 20.4. The molecule has 0 bridgehead atoms. The van der Waals surface area contributed by atoms with Gasteiger partial charge in [0.15, 0.2) is 6.23 Å². The van der Waals surface area contributed by atoms with Crippen molar-refractivity contribution < 1.29 is 34.7 Å². The highest BCUT2D eigenvalue weighted by Crippen LogP contribution is 2.42. The van der Waals surface area contributed by atoms with E-state index in [1.807, 2.05) is 17.0 Å². The number of carbonyl (C=O) groups excluding carboxylic acids is 1. The van der Waals surface area contributed by atoms with Crippen LogP contribution >= 0.6 is 0 Å². The Morgan fingerprint density at radius 2 is 2.04 bits per heavy atom. The van der Waals surface area contributed by atoms with Crippen molar-refractivity contribution >= 4 is 11.6 Å². The third-order valence-electron chi connectivity index (χ3n) is 5.44. The SMILES string of the molecule is COc1ccc2c(c1)C(CCNC(C)=O)CN2[C@H]1O[C@H](CO)[C@@H](O)[C@H](O)[C@H]1O. The number of nitrogens with zero attached hydrogens (tertiary/aromatic N) is 1. The molecule has 0 spiro atoms. The Kier molecular flexibility index (Phi) is 6.41. The van der Waals surface area contributed by atoms with Crippen molar-refractivity contribution in [2.24, 2.45) is 0 Å². The topological polar surface area (TPSA) is 132 Å². The highest BCUT2D eigenvalue weighted by molar-refractivity contribution is 5.72. The maximum atomic E-state index is 11.2. The normalized spacial score (nSPS) is 32.1. The third kappa shape index (κ3) is 3.94. The molecule has 0 saturated carbocycles. The highest BCUT2D eigenvalue weighted by Gasteiger charge is 2.48. The van der Waals surface area contributed by atoms with Crippen LogP contribution in [0.5, 0.6) is 5.75 Å². The molecular weight excluding hydrogens is 368 g/mol. The van der Waals surface area contributed by atoms with Crippen LogP contribution in [0.4, 0.5) is 5.69 Å². The van der Waals surface area contributed by atoms with E-state index < -0.39 is 37.3 Å². The first-order valence-electron chi connectivity index (χ1n) is 9.37. The first-order chi connectivity index (χ1) is 13.4. The number of hydrogen-bond donors (Lipinski definition) is 5. The second-order valence-electron chi connectivity index (χ2n) is 7.27. The van der Waals surface area contributed by atoms with Crippen molar-refractivity contribution in [2.75, 3.05) is 31.7 Å². The number of anilines is 1. The minimum atomic E-state index is -1.43. The van der Waals surface area contributed by atoms with Crippen LogP contribution in [0.3, 0.4) is 0 Å². The van der Waals surface area contributed by atoms with Crippen molar-refractivity contribution in [2.45, 2.75) is 49.9 Å². The summed E-state index contributed by atoms with van der Waals surface area (Å²) < 4.78 is 11.1. The Labute approximate surface area is 163 Å². The minimum Gasteiger partial charge on any atom is -0.497 e. The summed E-state index contributed by atoms with van der Waals surface area (Å²) in [5.41, 5.74) is 1.81. The molecular formula is C19H28N2O7. The van der Waals surface area contributed by atoms with Gasteiger partial charge in [-0.05, 0) is 30.2 Å². The highest BCUT2D eigenvalue weighted by atomic mass is 16.6. The fraction of sp³-hybridized carbons (Fsp3) is 0.632. The first kappa shape index (κ1) is 20.8. The Morgan fingerprint density at radius 1 is 1.29 bits per heavy atom. The van der Waals surface area contributed by atoms with E-state index in [-0.39, 0.29) is 11.8 Å². The summed E-state index contributed by atoms with van der Waals surface area (Å²) in [6.45, 7) is 1.98. The van der Waals surface area contributed by atoms with E-state index in [2.05, 4.69) is 5.32 Å². The molecule has 0 aromatic heterocycles.